The molecule has 0 radical (unpaired) electrons. The third-order valence-electron chi connectivity index (χ3n) is 5.30. The van der Waals surface area contributed by atoms with E-state index in [2.05, 4.69) is 10.6 Å². The number of nitrogens with two attached hydrogens (primary N) is 3. The lowest BCUT2D eigenvalue weighted by Gasteiger charge is -2.24. The number of amides is 3. The molecule has 3 amide bonds. The fourth-order valence-corrected chi connectivity index (χ4v) is 3.37. The molecule has 1 aliphatic rings. The normalized spacial score (nSPS) is 20.2. The first kappa shape index (κ1) is 25.3. The Hall–Kier alpha value is -2.95. The second kappa shape index (κ2) is 13.5. The van der Waals surface area contributed by atoms with Crippen LogP contribution in [0, 0.1) is 0 Å². The predicted molar refractivity (Wildman–Crippen MR) is 121 cm³/mol. The van der Waals surface area contributed by atoms with E-state index < -0.39 is 18.0 Å². The van der Waals surface area contributed by atoms with Gasteiger partial charge in [0, 0.05) is 18.2 Å². The number of carbonyl (C=O) groups excluding carboxylic acids is 3. The highest BCUT2D eigenvalue weighted by atomic mass is 16.6. The zero-order valence-electron chi connectivity index (χ0n) is 18.2. The van der Waals surface area contributed by atoms with Crippen molar-refractivity contribution in [3.05, 3.63) is 42.0 Å². The first-order valence-electron chi connectivity index (χ1n) is 11.0. The summed E-state index contributed by atoms with van der Waals surface area (Å²) in [6.07, 6.45) is 9.09. The van der Waals surface area contributed by atoms with Crippen molar-refractivity contribution < 1.29 is 19.1 Å². The van der Waals surface area contributed by atoms with Crippen molar-refractivity contribution in [2.75, 3.05) is 6.54 Å². The van der Waals surface area contributed by atoms with Gasteiger partial charge in [-0.1, -0.05) is 18.6 Å². The van der Waals surface area contributed by atoms with Crippen LogP contribution in [0.25, 0.3) is 0 Å². The summed E-state index contributed by atoms with van der Waals surface area (Å²) in [4.78, 5) is 35.7. The third kappa shape index (κ3) is 8.66. The minimum absolute atomic E-state index is 0.177. The van der Waals surface area contributed by atoms with Crippen molar-refractivity contribution in [1.82, 2.24) is 16.1 Å². The van der Waals surface area contributed by atoms with Crippen LogP contribution in [0.4, 0.5) is 4.79 Å². The second-order valence-corrected chi connectivity index (χ2v) is 7.82. The van der Waals surface area contributed by atoms with Crippen molar-refractivity contribution in [2.45, 2.75) is 63.1 Å². The Morgan fingerprint density at radius 1 is 1.12 bits per heavy atom. The molecule has 0 aromatic heterocycles. The largest absolute Gasteiger partial charge is 0.412 e. The van der Waals surface area contributed by atoms with Crippen molar-refractivity contribution in [3.63, 3.8) is 0 Å². The Morgan fingerprint density at radius 2 is 1.88 bits per heavy atom. The summed E-state index contributed by atoms with van der Waals surface area (Å²) < 4.78 is 5.32. The van der Waals surface area contributed by atoms with Gasteiger partial charge in [-0.15, -0.1) is 0 Å². The van der Waals surface area contributed by atoms with Gasteiger partial charge in [0.2, 0.25) is 0 Å². The van der Waals surface area contributed by atoms with Crippen LogP contribution < -0.4 is 38.1 Å². The molecule has 1 aromatic rings. The molecule has 10 heteroatoms. The van der Waals surface area contributed by atoms with Crippen LogP contribution in [-0.2, 0) is 4.79 Å². The average molecular weight is 447 g/mol. The molecule has 0 spiro atoms. The number of benzene rings is 1. The summed E-state index contributed by atoms with van der Waals surface area (Å²) >= 11 is 0. The SMILES string of the molecule is NNC(=O)C(N)CCCCNC(=O)c1ccc(OC(=O)N[C@@H]2CCCC/C=C/[C@H]2N)cc1. The van der Waals surface area contributed by atoms with Gasteiger partial charge in [0.25, 0.3) is 11.8 Å². The number of nitrogens with one attached hydrogen (secondary N) is 3. The van der Waals surface area contributed by atoms with Gasteiger partial charge in [-0.25, -0.2) is 10.6 Å². The number of hydrogen-bond donors (Lipinski definition) is 6. The molecular weight excluding hydrogens is 412 g/mol. The van der Waals surface area contributed by atoms with E-state index in [0.29, 0.717) is 37.1 Å². The van der Waals surface area contributed by atoms with Crippen LogP contribution in [0.3, 0.4) is 0 Å². The Kier molecular flexibility index (Phi) is 10.6. The van der Waals surface area contributed by atoms with Crippen LogP contribution in [0.1, 0.15) is 55.3 Å². The van der Waals surface area contributed by atoms with E-state index in [0.717, 1.165) is 25.7 Å². The predicted octanol–water partition coefficient (Wildman–Crippen LogP) is 0.818. The van der Waals surface area contributed by atoms with Crippen LogP contribution in [0.2, 0.25) is 0 Å². The molecule has 1 unspecified atom stereocenters. The maximum Gasteiger partial charge on any atom is 0.412 e. The molecule has 0 bridgehead atoms. The summed E-state index contributed by atoms with van der Waals surface area (Å²) in [5.41, 5.74) is 14.2. The third-order valence-corrected chi connectivity index (χ3v) is 5.30. The molecule has 3 atom stereocenters. The highest BCUT2D eigenvalue weighted by molar-refractivity contribution is 5.94. The number of allylic oxidation sites excluding steroid dienone is 1. The summed E-state index contributed by atoms with van der Waals surface area (Å²) in [6.45, 7) is 0.451. The average Bonchev–Trinajstić information content (AvgIpc) is 2.78. The summed E-state index contributed by atoms with van der Waals surface area (Å²) in [5, 5.41) is 5.62. The molecule has 176 valence electrons. The Bertz CT molecular complexity index is 783. The zero-order chi connectivity index (χ0) is 23.3. The molecule has 32 heavy (non-hydrogen) atoms. The Labute approximate surface area is 188 Å². The number of ether oxygens (including phenoxy) is 1. The van der Waals surface area contributed by atoms with E-state index in [1.54, 1.807) is 24.3 Å². The van der Waals surface area contributed by atoms with E-state index >= 15 is 0 Å². The maximum atomic E-state index is 12.2. The van der Waals surface area contributed by atoms with Crippen LogP contribution in [0.5, 0.6) is 5.75 Å². The fraction of sp³-hybridized carbons (Fsp3) is 0.500. The molecule has 2 rings (SSSR count). The number of hydrogen-bond acceptors (Lipinski definition) is 7. The van der Waals surface area contributed by atoms with Crippen LogP contribution >= 0.6 is 0 Å². The van der Waals surface area contributed by atoms with Gasteiger partial charge in [-0.3, -0.25) is 15.0 Å². The minimum Gasteiger partial charge on any atom is -0.410 e. The minimum atomic E-state index is -0.653. The van der Waals surface area contributed by atoms with Gasteiger partial charge in [0.05, 0.1) is 12.1 Å². The van der Waals surface area contributed by atoms with E-state index in [1.807, 2.05) is 17.6 Å². The fourth-order valence-electron chi connectivity index (χ4n) is 3.37. The molecule has 0 saturated heterocycles. The number of hydrazine groups is 1. The van der Waals surface area contributed by atoms with Crippen LogP contribution in [0.15, 0.2) is 36.4 Å². The lowest BCUT2D eigenvalue weighted by molar-refractivity contribution is -0.122. The monoisotopic (exact) mass is 446 g/mol. The van der Waals surface area contributed by atoms with Gasteiger partial charge in [0.15, 0.2) is 0 Å². The van der Waals surface area contributed by atoms with Crippen molar-refractivity contribution >= 4 is 17.9 Å². The highest BCUT2D eigenvalue weighted by Crippen LogP contribution is 2.15. The van der Waals surface area contributed by atoms with E-state index in [1.165, 1.54) is 0 Å². The summed E-state index contributed by atoms with van der Waals surface area (Å²) in [6, 6.07) is 5.23. The van der Waals surface area contributed by atoms with Gasteiger partial charge >= 0.3 is 6.09 Å². The summed E-state index contributed by atoms with van der Waals surface area (Å²) in [5.74, 6) is 4.72. The van der Waals surface area contributed by atoms with E-state index in [9.17, 15) is 14.4 Å². The maximum absolute atomic E-state index is 12.2. The van der Waals surface area contributed by atoms with Gasteiger partial charge in [-0.05, 0) is 62.8 Å². The van der Waals surface area contributed by atoms with Crippen molar-refractivity contribution in [1.29, 1.82) is 0 Å². The molecule has 0 fully saturated rings. The van der Waals surface area contributed by atoms with Crippen LogP contribution in [-0.4, -0.2) is 42.6 Å². The standard InChI is InChI=1S/C22H34N6O4/c23-17-7-3-1-2-4-9-19(17)27-22(31)32-16-12-10-15(11-13-16)20(29)26-14-6-5-8-18(24)21(30)28-25/h3,7,10-13,17-19H,1-2,4-6,8-9,14,23-25H2,(H,26,29)(H,27,31)(H,28,30)/b7-3+/t17-,18?,19-/m1/s1. The Morgan fingerprint density at radius 3 is 2.59 bits per heavy atom. The number of unbranched alkanes of at least 4 members (excludes halogenated alkanes) is 1. The smallest absolute Gasteiger partial charge is 0.410 e. The lowest BCUT2D eigenvalue weighted by atomic mass is 9.98. The lowest BCUT2D eigenvalue weighted by Crippen LogP contribution is -2.47. The molecule has 0 aliphatic heterocycles. The first-order valence-corrected chi connectivity index (χ1v) is 11.0. The summed E-state index contributed by atoms with van der Waals surface area (Å²) in [7, 11) is 0. The van der Waals surface area contributed by atoms with Gasteiger partial charge < -0.3 is 26.8 Å². The highest BCUT2D eigenvalue weighted by Gasteiger charge is 2.20. The van der Waals surface area contributed by atoms with Gasteiger partial charge in [0.1, 0.15) is 5.75 Å². The van der Waals surface area contributed by atoms with Crippen molar-refractivity contribution in [2.24, 2.45) is 17.3 Å². The number of carbonyl (C=O) groups is 3. The Balaban J connectivity index is 1.73. The second-order valence-electron chi connectivity index (χ2n) is 7.82. The van der Waals surface area contributed by atoms with E-state index in [-0.39, 0.29) is 18.0 Å². The molecule has 0 heterocycles. The molecule has 10 nitrogen and oxygen atoms in total. The number of rotatable bonds is 9. The van der Waals surface area contributed by atoms with E-state index in [4.69, 9.17) is 22.0 Å². The first-order chi connectivity index (χ1) is 15.4. The van der Waals surface area contributed by atoms with Crippen molar-refractivity contribution in [3.8, 4) is 5.75 Å². The zero-order valence-corrected chi connectivity index (χ0v) is 18.2. The molecule has 0 saturated carbocycles. The molecule has 1 aromatic carbocycles. The quantitative estimate of drug-likeness (QED) is 0.107. The molecule has 1 aliphatic carbocycles. The molecule has 9 N–H and O–H groups in total. The molecular formula is C22H34N6O4. The topological polar surface area (TPSA) is 175 Å². The van der Waals surface area contributed by atoms with Gasteiger partial charge in [-0.2, -0.15) is 0 Å².